The van der Waals surface area contributed by atoms with Gasteiger partial charge in [0.25, 0.3) is 0 Å². The number of carbonyl (C=O) groups excluding carboxylic acids is 17. The molecule has 698 valence electrons. The van der Waals surface area contributed by atoms with Gasteiger partial charge >= 0.3 is 0 Å². The zero-order valence-electron chi connectivity index (χ0n) is 74.3. The summed E-state index contributed by atoms with van der Waals surface area (Å²) >= 11 is 0.799. The van der Waals surface area contributed by atoms with Gasteiger partial charge in [-0.05, 0) is 87.3 Å². The molecule has 14 atom stereocenters. The average molecular weight is 1790 g/mol. The summed E-state index contributed by atoms with van der Waals surface area (Å²) in [5, 5.41) is 48.5. The van der Waals surface area contributed by atoms with Crippen molar-refractivity contribution in [3.63, 3.8) is 0 Å². The predicted octanol–water partition coefficient (Wildman–Crippen LogP) is -2.43. The molecule has 0 unspecified atom stereocenters. The molecule has 2 aliphatic rings. The standard InChI is InChI=1S/C85H129N23O18S/c1-12-15-29-64-78(120)97-56(28-22-34-91-85(88)89)74(116)102-63(73(115)93-42-68(87)111)45-127-46-70(113)96-60(36-51-24-18-17-19-25-51)81(123)105(9)50(7)72(114)100-61(39-67(86)110)82(124)108-35-23-31-65(108)79(121)99-59(38-53-41-90-47-94-53)76(118)98-57(33-32-48(4)5)80(122)104(8)43-69(112)95-58(37-52-40-92-55-27-21-20-26-54(52)55)75(117)101-62(44-109)77(119)103-71(49(6)14-3)84(126)107(11)66(30-16-13-2)83(125)106(64)10/h17-21,24-27,40-41,47-50,56-66,71,92,109H,12-16,22-23,28-39,42-46H2,1-11H3,(H2,86,110)(H2,87,111)(H,90,94)(H,93,115)(H,95,112)(H,96,113)(H,97,120)(H,98,118)(H,99,121)(H,100,114)(H,101,117)(H,102,116)(H,103,119)(H4,88,89,91)/t49-,50-,56-,57-,58-,59-,60-,61-,62-,63-,64-,65-,66-,71-/m0/s1. The number of hydrogen-bond donors (Lipinski definition) is 18. The SMILES string of the molecule is CCCC[C@H]1C(=O)N(C)[C@@H](CCCC)C(=O)N[C@@H](CCCNC(=N)N)C(=O)N[C@H](C(=O)NCC(N)=O)CSCC(=O)N[C@@H](Cc2ccccc2)C(=O)N(C)[C@@H](C)C(=O)N[C@@H](CC(N)=O)C(=O)N2CCC[C@H]2C(=O)N[C@@H](Cc2cnc[nH]2)C(=O)N[C@@H](CCC(C)C)C(=O)N(C)CC(=O)N[C@@H](Cc2c[nH]c3ccccc23)C(=O)N[C@@H](CO)C(=O)N[C@@H]([C@@H](C)CC)C(=O)N1C. The maximum Gasteiger partial charge on any atom is 0.246 e. The van der Waals surface area contributed by atoms with Crippen LogP contribution in [-0.4, -0.2) is 302 Å². The second-order valence-electron chi connectivity index (χ2n) is 32.7. The van der Waals surface area contributed by atoms with Crippen molar-refractivity contribution in [1.29, 1.82) is 5.41 Å². The molecule has 17 amide bonds. The number of amides is 17. The summed E-state index contributed by atoms with van der Waals surface area (Å²) in [7, 11) is 5.27. The van der Waals surface area contributed by atoms with Gasteiger partial charge in [-0.25, -0.2) is 4.98 Å². The van der Waals surface area contributed by atoms with Crippen molar-refractivity contribution in [1.82, 2.24) is 97.9 Å². The van der Waals surface area contributed by atoms with Gasteiger partial charge in [-0.3, -0.25) is 86.9 Å². The van der Waals surface area contributed by atoms with Gasteiger partial charge in [0.05, 0.1) is 38.2 Å². The van der Waals surface area contributed by atoms with Gasteiger partial charge in [-0.2, -0.15) is 0 Å². The van der Waals surface area contributed by atoms with Gasteiger partial charge in [0.2, 0.25) is 100 Å². The normalized spacial score (nSPS) is 24.2. The topological polar surface area (TPSA) is 605 Å². The predicted molar refractivity (Wildman–Crippen MR) is 472 cm³/mol. The number of likely N-dealkylation sites (N-methyl/N-ethyl adjacent to an activating group) is 4. The Bertz CT molecular complexity index is 4460. The third-order valence-electron chi connectivity index (χ3n) is 22.5. The van der Waals surface area contributed by atoms with Crippen LogP contribution in [0.1, 0.15) is 155 Å². The van der Waals surface area contributed by atoms with Crippen LogP contribution < -0.4 is 75.7 Å². The summed E-state index contributed by atoms with van der Waals surface area (Å²) in [5.74, 6) is -17.3. The van der Waals surface area contributed by atoms with Crippen molar-refractivity contribution in [3.05, 3.63) is 90.1 Å². The smallest absolute Gasteiger partial charge is 0.246 e. The van der Waals surface area contributed by atoms with Gasteiger partial charge in [-0.1, -0.05) is 122 Å². The minimum absolute atomic E-state index is 0.00952. The van der Waals surface area contributed by atoms with Crippen LogP contribution in [0, 0.1) is 17.2 Å². The lowest BCUT2D eigenvalue weighted by molar-refractivity contribution is -0.150. The summed E-state index contributed by atoms with van der Waals surface area (Å²) in [5.41, 5.74) is 18.8. The first-order chi connectivity index (χ1) is 60.3. The third-order valence-corrected chi connectivity index (χ3v) is 23.6. The van der Waals surface area contributed by atoms with Crippen molar-refractivity contribution in [2.24, 2.45) is 29.0 Å². The van der Waals surface area contributed by atoms with E-state index in [2.05, 4.69) is 73.4 Å². The van der Waals surface area contributed by atoms with Gasteiger partial charge in [-0.15, -0.1) is 11.8 Å². The molecule has 42 heteroatoms. The highest BCUT2D eigenvalue weighted by molar-refractivity contribution is 8.00. The van der Waals surface area contributed by atoms with E-state index >= 15 is 14.4 Å². The maximum absolute atomic E-state index is 15.3. The molecule has 21 N–H and O–H groups in total. The third kappa shape index (κ3) is 31.7. The van der Waals surface area contributed by atoms with E-state index in [1.165, 1.54) is 47.6 Å². The Morgan fingerprint density at radius 3 is 1.82 bits per heavy atom. The van der Waals surface area contributed by atoms with Crippen molar-refractivity contribution in [3.8, 4) is 0 Å². The number of primary amides is 2. The number of aromatic nitrogens is 3. The number of hydrogen-bond acceptors (Lipinski definition) is 21. The van der Waals surface area contributed by atoms with E-state index in [1.807, 2.05) is 27.7 Å². The maximum atomic E-state index is 15.3. The summed E-state index contributed by atoms with van der Waals surface area (Å²) in [6.07, 6.45) is 5.50. The Kier molecular flexibility index (Phi) is 41.9. The van der Waals surface area contributed by atoms with Crippen molar-refractivity contribution < 1.29 is 86.6 Å². The van der Waals surface area contributed by atoms with E-state index in [9.17, 15) is 72.2 Å². The summed E-state index contributed by atoms with van der Waals surface area (Å²) < 4.78 is 0. The molecule has 0 bridgehead atoms. The summed E-state index contributed by atoms with van der Waals surface area (Å²) in [6, 6.07) is -3.78. The number of H-pyrrole nitrogens is 2. The van der Waals surface area contributed by atoms with E-state index in [-0.39, 0.29) is 89.6 Å². The second kappa shape index (κ2) is 51.4. The minimum Gasteiger partial charge on any atom is -0.394 e. The van der Waals surface area contributed by atoms with Crippen LogP contribution in [0.3, 0.4) is 0 Å². The fraction of sp³-hybridized carbons (Fsp3) is 0.588. The van der Waals surface area contributed by atoms with E-state index in [1.54, 1.807) is 74.6 Å². The molecule has 4 aromatic rings. The Labute approximate surface area is 743 Å². The van der Waals surface area contributed by atoms with Crippen molar-refractivity contribution in [2.45, 2.75) is 236 Å². The first-order valence-electron chi connectivity index (χ1n) is 43.1. The number of carbonyl (C=O) groups is 17. The number of imidazole rings is 1. The lowest BCUT2D eigenvalue weighted by atomic mass is 9.95. The number of unbranched alkanes of at least 4 members (excludes halogenated alkanes) is 2. The monoisotopic (exact) mass is 1790 g/mol. The highest BCUT2D eigenvalue weighted by Gasteiger charge is 2.44. The Morgan fingerprint density at radius 2 is 1.19 bits per heavy atom. The number of aliphatic hydroxyl groups is 1. The van der Waals surface area contributed by atoms with Crippen molar-refractivity contribution in [2.75, 3.05) is 72.5 Å². The molecule has 0 saturated carbocycles. The molecule has 2 aliphatic heterocycles. The zero-order valence-corrected chi connectivity index (χ0v) is 75.1. The molecule has 2 fully saturated rings. The molecule has 41 nitrogen and oxygen atoms in total. The number of aromatic amines is 2. The molecule has 2 saturated heterocycles. The molecule has 0 radical (unpaired) electrons. The van der Waals surface area contributed by atoms with Gasteiger partial charge in [0, 0.05) is 95.3 Å². The minimum atomic E-state index is -1.79. The van der Waals surface area contributed by atoms with E-state index in [4.69, 9.17) is 22.6 Å². The van der Waals surface area contributed by atoms with Crippen LogP contribution in [0.2, 0.25) is 0 Å². The number of benzene rings is 2. The first-order valence-corrected chi connectivity index (χ1v) is 44.2. The van der Waals surface area contributed by atoms with Crippen LogP contribution in [-0.2, 0) is 101 Å². The fourth-order valence-electron chi connectivity index (χ4n) is 14.8. The molecule has 6 rings (SSSR count). The Hall–Kier alpha value is -12.2. The van der Waals surface area contributed by atoms with Crippen LogP contribution in [0.5, 0.6) is 0 Å². The summed E-state index contributed by atoms with van der Waals surface area (Å²) in [6.45, 7) is 9.64. The summed E-state index contributed by atoms with van der Waals surface area (Å²) in [4.78, 5) is 262. The number of guanidine groups is 1. The number of aliphatic hydroxyl groups excluding tert-OH is 1. The number of nitrogens with one attached hydrogen (secondary N) is 14. The zero-order chi connectivity index (χ0) is 93.9. The fourth-order valence-corrected chi connectivity index (χ4v) is 15.6. The molecule has 4 heterocycles. The number of thioether (sulfide) groups is 1. The molecular weight excluding hydrogens is 1660 g/mol. The van der Waals surface area contributed by atoms with Crippen LogP contribution in [0.15, 0.2) is 73.3 Å². The number of nitrogens with zero attached hydrogens (tertiary/aromatic N) is 6. The molecule has 2 aromatic carbocycles. The van der Waals surface area contributed by atoms with E-state index in [0.29, 0.717) is 59.8 Å². The first kappa shape index (κ1) is 104. The van der Waals surface area contributed by atoms with Crippen LogP contribution >= 0.6 is 11.8 Å². The Balaban J connectivity index is 1.43. The second-order valence-corrected chi connectivity index (χ2v) is 33.8. The number of para-hydroxylation sites is 1. The van der Waals surface area contributed by atoms with Crippen LogP contribution in [0.4, 0.5) is 0 Å². The van der Waals surface area contributed by atoms with E-state index in [0.717, 1.165) is 36.3 Å². The number of nitrogens with two attached hydrogens (primary N) is 3. The number of rotatable bonds is 27. The van der Waals surface area contributed by atoms with Gasteiger partial charge in [0.1, 0.15) is 78.5 Å². The lowest BCUT2D eigenvalue weighted by Gasteiger charge is -2.37. The average Bonchev–Trinajstić information content (AvgIpc) is 1.64. The highest BCUT2D eigenvalue weighted by atomic mass is 32.2. The molecule has 127 heavy (non-hydrogen) atoms. The highest BCUT2D eigenvalue weighted by Crippen LogP contribution is 2.25. The van der Waals surface area contributed by atoms with Crippen LogP contribution in [0.25, 0.3) is 10.9 Å². The van der Waals surface area contributed by atoms with Gasteiger partial charge < -0.3 is 115 Å². The van der Waals surface area contributed by atoms with Gasteiger partial charge in [0.15, 0.2) is 5.96 Å². The molecular formula is C85H129N23O18S. The van der Waals surface area contributed by atoms with E-state index < -0.39 is 228 Å². The largest absolute Gasteiger partial charge is 0.394 e. The molecule has 0 aliphatic carbocycles. The molecule has 2 aromatic heterocycles. The molecule has 0 spiro atoms. The van der Waals surface area contributed by atoms with Crippen molar-refractivity contribution >= 4 is 129 Å². The quantitative estimate of drug-likeness (QED) is 0.0168. The Morgan fingerprint density at radius 1 is 0.583 bits per heavy atom. The lowest BCUT2D eigenvalue weighted by Crippen LogP contribution is -2.62. The number of fused-ring (bicyclic) bond motifs is 2.